The molecule has 14 heavy (non-hydrogen) atoms. The van der Waals surface area contributed by atoms with Crippen molar-refractivity contribution in [1.82, 2.24) is 4.31 Å². The zero-order chi connectivity index (χ0) is 10.6. The van der Waals surface area contributed by atoms with E-state index in [1.165, 1.54) is 10.7 Å². The molecular weight excluding hydrogens is 222 g/mol. The fourth-order valence-corrected chi connectivity index (χ4v) is 4.00. The smallest absolute Gasteiger partial charge is 0.212 e. The van der Waals surface area contributed by atoms with Crippen molar-refractivity contribution in [2.75, 3.05) is 19.5 Å². The molecule has 1 rings (SSSR count). The fraction of sp³-hybridized carbons (Fsp3) is 1.00. The highest BCUT2D eigenvalue weighted by Crippen LogP contribution is 2.25. The lowest BCUT2D eigenvalue weighted by Gasteiger charge is -2.26. The second-order valence-electron chi connectivity index (χ2n) is 3.82. The largest absolute Gasteiger partial charge is 0.216 e. The molecule has 0 N–H and O–H groups in total. The molecule has 0 unspecified atom stereocenters. The number of halogens is 1. The van der Waals surface area contributed by atoms with Crippen LogP contribution in [-0.4, -0.2) is 37.4 Å². The molecule has 0 aliphatic heterocycles. The first-order chi connectivity index (χ1) is 6.59. The molecule has 5 heteroatoms. The van der Waals surface area contributed by atoms with Crippen molar-refractivity contribution in [3.05, 3.63) is 0 Å². The molecule has 0 atom stereocenters. The van der Waals surface area contributed by atoms with Crippen LogP contribution in [-0.2, 0) is 10.0 Å². The lowest BCUT2D eigenvalue weighted by Crippen LogP contribution is -2.38. The van der Waals surface area contributed by atoms with Gasteiger partial charge in [-0.15, -0.1) is 11.6 Å². The van der Waals surface area contributed by atoms with Crippen molar-refractivity contribution in [1.29, 1.82) is 0 Å². The first-order valence-corrected chi connectivity index (χ1v) is 7.14. The minimum atomic E-state index is -3.08. The van der Waals surface area contributed by atoms with E-state index in [-0.39, 0.29) is 5.25 Å². The van der Waals surface area contributed by atoms with Crippen molar-refractivity contribution in [2.45, 2.75) is 37.4 Å². The van der Waals surface area contributed by atoms with E-state index < -0.39 is 10.0 Å². The van der Waals surface area contributed by atoms with Gasteiger partial charge >= 0.3 is 0 Å². The summed E-state index contributed by atoms with van der Waals surface area (Å²) in [5, 5.41) is -0.163. The van der Waals surface area contributed by atoms with Crippen LogP contribution in [0.4, 0.5) is 0 Å². The first kappa shape index (κ1) is 12.3. The number of hydrogen-bond acceptors (Lipinski definition) is 2. The molecule has 1 aliphatic carbocycles. The Hall–Kier alpha value is 0.200. The third-order valence-electron chi connectivity index (χ3n) is 2.81. The summed E-state index contributed by atoms with van der Waals surface area (Å²) < 4.78 is 25.3. The van der Waals surface area contributed by atoms with Crippen LogP contribution in [0.3, 0.4) is 0 Å². The second kappa shape index (κ2) is 5.33. The number of hydrogen-bond donors (Lipinski definition) is 0. The van der Waals surface area contributed by atoms with Gasteiger partial charge in [0.2, 0.25) is 10.0 Å². The van der Waals surface area contributed by atoms with Crippen molar-refractivity contribution in [3.8, 4) is 0 Å². The van der Waals surface area contributed by atoms with E-state index in [2.05, 4.69) is 0 Å². The molecule has 0 aromatic carbocycles. The maximum absolute atomic E-state index is 11.9. The average Bonchev–Trinajstić information content (AvgIpc) is 2.19. The monoisotopic (exact) mass is 239 g/mol. The molecule has 0 bridgehead atoms. The van der Waals surface area contributed by atoms with Crippen molar-refractivity contribution in [2.24, 2.45) is 0 Å². The summed E-state index contributed by atoms with van der Waals surface area (Å²) in [7, 11) is -1.46. The lowest BCUT2D eigenvalue weighted by molar-refractivity contribution is 0.434. The Bertz CT molecular complexity index is 260. The zero-order valence-corrected chi connectivity index (χ0v) is 10.1. The summed E-state index contributed by atoms with van der Waals surface area (Å²) in [6.45, 7) is 0.417. The highest BCUT2D eigenvalue weighted by atomic mass is 35.5. The van der Waals surface area contributed by atoms with E-state index >= 15 is 0 Å². The highest BCUT2D eigenvalue weighted by Gasteiger charge is 2.30. The topological polar surface area (TPSA) is 37.4 Å². The molecule has 1 aliphatic rings. The Morgan fingerprint density at radius 2 is 1.86 bits per heavy atom. The van der Waals surface area contributed by atoms with Crippen LogP contribution in [0, 0.1) is 0 Å². The SMILES string of the molecule is CN(CCCl)S(=O)(=O)C1CCCCC1. The molecule has 1 saturated carbocycles. The van der Waals surface area contributed by atoms with Crippen LogP contribution < -0.4 is 0 Å². The Morgan fingerprint density at radius 1 is 1.29 bits per heavy atom. The molecule has 0 aromatic rings. The Morgan fingerprint density at radius 3 is 2.36 bits per heavy atom. The summed E-state index contributed by atoms with van der Waals surface area (Å²) in [5.74, 6) is 0.364. The number of nitrogens with zero attached hydrogens (tertiary/aromatic N) is 1. The normalized spacial score (nSPS) is 20.2. The molecule has 0 saturated heterocycles. The van der Waals surface area contributed by atoms with Crippen LogP contribution in [0.5, 0.6) is 0 Å². The summed E-state index contributed by atoms with van der Waals surface area (Å²) >= 11 is 5.54. The number of sulfonamides is 1. The highest BCUT2D eigenvalue weighted by molar-refractivity contribution is 7.89. The van der Waals surface area contributed by atoms with Crippen LogP contribution >= 0.6 is 11.6 Å². The maximum atomic E-state index is 11.9. The quantitative estimate of drug-likeness (QED) is 0.702. The van der Waals surface area contributed by atoms with Crippen molar-refractivity contribution >= 4 is 21.6 Å². The molecule has 0 heterocycles. The summed E-state index contributed by atoms with van der Waals surface area (Å²) in [4.78, 5) is 0. The van der Waals surface area contributed by atoms with E-state index in [9.17, 15) is 8.42 Å². The summed E-state index contributed by atoms with van der Waals surface area (Å²) in [6, 6.07) is 0. The molecule has 0 amide bonds. The molecule has 3 nitrogen and oxygen atoms in total. The second-order valence-corrected chi connectivity index (χ2v) is 6.51. The number of rotatable bonds is 4. The van der Waals surface area contributed by atoms with Crippen molar-refractivity contribution in [3.63, 3.8) is 0 Å². The summed E-state index contributed by atoms with van der Waals surface area (Å²) in [6.07, 6.45) is 4.88. The predicted octanol–water partition coefficient (Wildman–Crippen LogP) is 1.82. The summed E-state index contributed by atoms with van der Waals surface area (Å²) in [5.41, 5.74) is 0. The Kier molecular flexibility index (Phi) is 4.67. The van der Waals surface area contributed by atoms with Gasteiger partial charge < -0.3 is 0 Å². The molecule has 0 aromatic heterocycles. The molecular formula is C9H18ClNO2S. The van der Waals surface area contributed by atoms with Gasteiger partial charge in [-0.05, 0) is 12.8 Å². The van der Waals surface area contributed by atoms with Gasteiger partial charge in [0.1, 0.15) is 0 Å². The van der Waals surface area contributed by atoms with Gasteiger partial charge in [0, 0.05) is 19.5 Å². The van der Waals surface area contributed by atoms with E-state index in [1.807, 2.05) is 0 Å². The van der Waals surface area contributed by atoms with Gasteiger partial charge in [-0.1, -0.05) is 19.3 Å². The van der Waals surface area contributed by atoms with Gasteiger partial charge in [-0.3, -0.25) is 0 Å². The van der Waals surface area contributed by atoms with Crippen LogP contribution in [0.1, 0.15) is 32.1 Å². The predicted molar refractivity (Wildman–Crippen MR) is 59.1 cm³/mol. The molecule has 0 radical (unpaired) electrons. The fourth-order valence-electron chi connectivity index (χ4n) is 1.86. The van der Waals surface area contributed by atoms with E-state index in [0.717, 1.165) is 25.7 Å². The Labute approximate surface area is 91.5 Å². The van der Waals surface area contributed by atoms with Gasteiger partial charge in [-0.2, -0.15) is 0 Å². The van der Waals surface area contributed by atoms with Crippen molar-refractivity contribution < 1.29 is 8.42 Å². The van der Waals surface area contributed by atoms with Crippen LogP contribution in [0.25, 0.3) is 0 Å². The van der Waals surface area contributed by atoms with E-state index in [1.54, 1.807) is 7.05 Å². The van der Waals surface area contributed by atoms with Crippen LogP contribution in [0.15, 0.2) is 0 Å². The Balaban J connectivity index is 2.62. The lowest BCUT2D eigenvalue weighted by atomic mass is 10.0. The van der Waals surface area contributed by atoms with Gasteiger partial charge in [0.15, 0.2) is 0 Å². The maximum Gasteiger partial charge on any atom is 0.216 e. The van der Waals surface area contributed by atoms with E-state index in [0.29, 0.717) is 12.4 Å². The standard InChI is InChI=1S/C9H18ClNO2S/c1-11(8-7-10)14(12,13)9-5-3-2-4-6-9/h9H,2-8H2,1H3. The zero-order valence-electron chi connectivity index (χ0n) is 8.58. The van der Waals surface area contributed by atoms with Crippen LogP contribution in [0.2, 0.25) is 0 Å². The minimum absolute atomic E-state index is 0.163. The average molecular weight is 240 g/mol. The molecule has 84 valence electrons. The minimum Gasteiger partial charge on any atom is -0.212 e. The third kappa shape index (κ3) is 2.84. The first-order valence-electron chi connectivity index (χ1n) is 5.10. The molecule has 1 fully saturated rings. The third-order valence-corrected chi connectivity index (χ3v) is 5.34. The number of alkyl halides is 1. The molecule has 0 spiro atoms. The van der Waals surface area contributed by atoms with E-state index in [4.69, 9.17) is 11.6 Å². The van der Waals surface area contributed by atoms with Gasteiger partial charge in [0.05, 0.1) is 5.25 Å². The van der Waals surface area contributed by atoms with Gasteiger partial charge in [0.25, 0.3) is 0 Å². The van der Waals surface area contributed by atoms with Gasteiger partial charge in [-0.25, -0.2) is 12.7 Å².